The summed E-state index contributed by atoms with van der Waals surface area (Å²) in [5.41, 5.74) is 3.46. The number of thiazole rings is 1. The van der Waals surface area contributed by atoms with E-state index in [1.54, 1.807) is 11.3 Å². The Morgan fingerprint density at radius 2 is 2.04 bits per heavy atom. The average molecular weight is 364 g/mol. The standard InChI is InChI=1S/C20H20N4OS/c25-20(23-18-11-10-13-5-3-7-14(13)21-18)24-12-4-8-16(24)19-22-15-6-1-2-9-17(15)26-19/h1-2,6,9-11,16H,3-5,7-8,12H2,(H,21,23,25). The summed E-state index contributed by atoms with van der Waals surface area (Å²) in [6, 6.07) is 12.2. The molecule has 1 unspecified atom stereocenters. The topological polar surface area (TPSA) is 58.1 Å². The molecule has 5 rings (SSSR count). The predicted octanol–water partition coefficient (Wildman–Crippen LogP) is 4.55. The summed E-state index contributed by atoms with van der Waals surface area (Å²) >= 11 is 1.69. The van der Waals surface area contributed by atoms with Gasteiger partial charge in [0.1, 0.15) is 10.8 Å². The molecule has 1 atom stereocenters. The van der Waals surface area contributed by atoms with Gasteiger partial charge in [-0.2, -0.15) is 0 Å². The molecule has 2 aromatic heterocycles. The van der Waals surface area contributed by atoms with Crippen LogP contribution in [0.1, 0.15) is 41.6 Å². The first-order chi connectivity index (χ1) is 12.8. The number of aryl methyl sites for hydroxylation is 2. The fourth-order valence-electron chi connectivity index (χ4n) is 3.97. The molecule has 3 aromatic rings. The molecular weight excluding hydrogens is 344 g/mol. The molecule has 0 spiro atoms. The highest BCUT2D eigenvalue weighted by Gasteiger charge is 2.32. The second kappa shape index (κ2) is 6.36. The van der Waals surface area contributed by atoms with Gasteiger partial charge in [0.25, 0.3) is 0 Å². The number of rotatable bonds is 2. The number of anilines is 1. The number of aromatic nitrogens is 2. The number of benzene rings is 1. The Kier molecular flexibility index (Phi) is 3.85. The van der Waals surface area contributed by atoms with Crippen molar-refractivity contribution in [1.82, 2.24) is 14.9 Å². The molecule has 6 heteroatoms. The molecule has 1 aliphatic carbocycles. The minimum atomic E-state index is -0.0720. The molecule has 132 valence electrons. The number of carbonyl (C=O) groups is 1. The van der Waals surface area contributed by atoms with E-state index in [4.69, 9.17) is 4.98 Å². The molecule has 26 heavy (non-hydrogen) atoms. The monoisotopic (exact) mass is 364 g/mol. The van der Waals surface area contributed by atoms with Gasteiger partial charge in [-0.05, 0) is 55.9 Å². The van der Waals surface area contributed by atoms with Crippen LogP contribution >= 0.6 is 11.3 Å². The number of hydrogen-bond donors (Lipinski definition) is 1. The van der Waals surface area contributed by atoms with E-state index in [0.29, 0.717) is 5.82 Å². The summed E-state index contributed by atoms with van der Waals surface area (Å²) in [7, 11) is 0. The molecule has 0 radical (unpaired) electrons. The highest BCUT2D eigenvalue weighted by atomic mass is 32.1. The van der Waals surface area contributed by atoms with Crippen LogP contribution in [-0.4, -0.2) is 27.4 Å². The van der Waals surface area contributed by atoms with Gasteiger partial charge in [0.05, 0.1) is 16.3 Å². The van der Waals surface area contributed by atoms with E-state index >= 15 is 0 Å². The van der Waals surface area contributed by atoms with Crippen molar-refractivity contribution in [2.75, 3.05) is 11.9 Å². The highest BCUT2D eigenvalue weighted by molar-refractivity contribution is 7.18. The summed E-state index contributed by atoms with van der Waals surface area (Å²) in [5, 5.41) is 4.03. The van der Waals surface area contributed by atoms with Crippen LogP contribution in [-0.2, 0) is 12.8 Å². The van der Waals surface area contributed by atoms with Crippen LogP contribution in [0.15, 0.2) is 36.4 Å². The van der Waals surface area contributed by atoms with Crippen LogP contribution in [0.5, 0.6) is 0 Å². The molecule has 1 fully saturated rings. The summed E-state index contributed by atoms with van der Waals surface area (Å²) in [5.74, 6) is 0.658. The Labute approximate surface area is 156 Å². The van der Waals surface area contributed by atoms with Crippen molar-refractivity contribution in [3.8, 4) is 0 Å². The van der Waals surface area contributed by atoms with Gasteiger partial charge in [-0.3, -0.25) is 5.32 Å². The maximum atomic E-state index is 12.9. The number of urea groups is 1. The van der Waals surface area contributed by atoms with Gasteiger partial charge in [0.2, 0.25) is 0 Å². The molecule has 3 heterocycles. The number of nitrogens with one attached hydrogen (secondary N) is 1. The number of hydrogen-bond acceptors (Lipinski definition) is 4. The second-order valence-corrected chi connectivity index (χ2v) is 8.02. The van der Waals surface area contributed by atoms with Crippen molar-refractivity contribution < 1.29 is 4.79 Å². The molecule has 1 saturated heterocycles. The number of pyridine rings is 1. The predicted molar refractivity (Wildman–Crippen MR) is 104 cm³/mol. The molecule has 1 aromatic carbocycles. The van der Waals surface area contributed by atoms with E-state index in [2.05, 4.69) is 22.4 Å². The van der Waals surface area contributed by atoms with Crippen LogP contribution in [0.2, 0.25) is 0 Å². The third-order valence-electron chi connectivity index (χ3n) is 5.27. The van der Waals surface area contributed by atoms with E-state index in [9.17, 15) is 4.79 Å². The largest absolute Gasteiger partial charge is 0.323 e. The van der Waals surface area contributed by atoms with Gasteiger partial charge >= 0.3 is 6.03 Å². The van der Waals surface area contributed by atoms with E-state index in [1.165, 1.54) is 10.3 Å². The Hall–Kier alpha value is -2.47. The van der Waals surface area contributed by atoms with Crippen molar-refractivity contribution >= 4 is 33.4 Å². The van der Waals surface area contributed by atoms with Crippen molar-refractivity contribution in [2.45, 2.75) is 38.1 Å². The minimum absolute atomic E-state index is 0.0572. The van der Waals surface area contributed by atoms with Gasteiger partial charge < -0.3 is 4.90 Å². The van der Waals surface area contributed by atoms with Crippen molar-refractivity contribution in [1.29, 1.82) is 0 Å². The number of likely N-dealkylation sites (tertiary alicyclic amines) is 1. The first kappa shape index (κ1) is 15.8. The lowest BCUT2D eigenvalue weighted by Gasteiger charge is -2.23. The zero-order chi connectivity index (χ0) is 17.5. The zero-order valence-corrected chi connectivity index (χ0v) is 15.3. The van der Waals surface area contributed by atoms with Gasteiger partial charge in [0.15, 0.2) is 0 Å². The first-order valence-corrected chi connectivity index (χ1v) is 10.0. The third kappa shape index (κ3) is 2.74. The molecule has 2 amide bonds. The Bertz CT molecular complexity index is 950. The Morgan fingerprint density at radius 1 is 1.12 bits per heavy atom. The number of fused-ring (bicyclic) bond motifs is 2. The lowest BCUT2D eigenvalue weighted by atomic mass is 10.2. The van der Waals surface area contributed by atoms with E-state index in [1.807, 2.05) is 29.2 Å². The van der Waals surface area contributed by atoms with E-state index in [0.717, 1.165) is 54.9 Å². The first-order valence-electron chi connectivity index (χ1n) is 9.20. The van der Waals surface area contributed by atoms with E-state index < -0.39 is 0 Å². The third-order valence-corrected chi connectivity index (χ3v) is 6.41. The smallest absolute Gasteiger partial charge is 0.315 e. The lowest BCUT2D eigenvalue weighted by molar-refractivity contribution is 0.207. The summed E-state index contributed by atoms with van der Waals surface area (Å²) < 4.78 is 1.18. The number of amides is 2. The fraction of sp³-hybridized carbons (Fsp3) is 0.350. The molecular formula is C20H20N4OS. The Balaban J connectivity index is 1.37. The quantitative estimate of drug-likeness (QED) is 0.726. The van der Waals surface area contributed by atoms with Crippen LogP contribution in [0, 0.1) is 0 Å². The van der Waals surface area contributed by atoms with E-state index in [-0.39, 0.29) is 12.1 Å². The lowest BCUT2D eigenvalue weighted by Crippen LogP contribution is -2.34. The maximum Gasteiger partial charge on any atom is 0.323 e. The molecule has 0 saturated carbocycles. The summed E-state index contributed by atoms with van der Waals surface area (Å²) in [6.07, 6.45) is 5.24. The molecule has 1 N–H and O–H groups in total. The van der Waals surface area contributed by atoms with Crippen LogP contribution in [0.3, 0.4) is 0 Å². The normalized spacial score (nSPS) is 19.1. The van der Waals surface area contributed by atoms with Gasteiger partial charge in [-0.25, -0.2) is 14.8 Å². The highest BCUT2D eigenvalue weighted by Crippen LogP contribution is 2.36. The Morgan fingerprint density at radius 3 is 2.96 bits per heavy atom. The summed E-state index contributed by atoms with van der Waals surface area (Å²) in [6.45, 7) is 0.761. The maximum absolute atomic E-state index is 12.9. The number of carbonyl (C=O) groups excluding carboxylic acids is 1. The fourth-order valence-corrected chi connectivity index (χ4v) is 5.09. The van der Waals surface area contributed by atoms with Crippen LogP contribution in [0.4, 0.5) is 10.6 Å². The molecule has 2 aliphatic rings. The van der Waals surface area contributed by atoms with Gasteiger partial charge in [-0.15, -0.1) is 11.3 Å². The van der Waals surface area contributed by atoms with Crippen LogP contribution in [0.25, 0.3) is 10.2 Å². The number of para-hydroxylation sites is 1. The zero-order valence-electron chi connectivity index (χ0n) is 14.4. The van der Waals surface area contributed by atoms with Gasteiger partial charge in [0, 0.05) is 12.2 Å². The van der Waals surface area contributed by atoms with Crippen molar-refractivity contribution in [3.05, 3.63) is 52.7 Å². The molecule has 1 aliphatic heterocycles. The molecule has 0 bridgehead atoms. The number of nitrogens with zero attached hydrogens (tertiary/aromatic N) is 3. The SMILES string of the molecule is O=C(Nc1ccc2c(n1)CCC2)N1CCCC1c1nc2ccccc2s1. The minimum Gasteiger partial charge on any atom is -0.315 e. The van der Waals surface area contributed by atoms with Crippen LogP contribution < -0.4 is 5.32 Å². The van der Waals surface area contributed by atoms with Crippen molar-refractivity contribution in [2.24, 2.45) is 0 Å². The van der Waals surface area contributed by atoms with Gasteiger partial charge in [-0.1, -0.05) is 18.2 Å². The average Bonchev–Trinajstić information content (AvgIpc) is 3.38. The second-order valence-electron chi connectivity index (χ2n) is 6.96. The molecule has 5 nitrogen and oxygen atoms in total. The summed E-state index contributed by atoms with van der Waals surface area (Å²) in [4.78, 5) is 24.2. The van der Waals surface area contributed by atoms with Crippen molar-refractivity contribution in [3.63, 3.8) is 0 Å².